The number of carbonyl (C=O) groups is 1. The molecule has 1 aromatic heterocycles. The fourth-order valence-corrected chi connectivity index (χ4v) is 2.99. The van der Waals surface area contributed by atoms with Crippen molar-refractivity contribution >= 4 is 27.7 Å². The summed E-state index contributed by atoms with van der Waals surface area (Å²) in [7, 11) is 0. The molecule has 6 heteroatoms. The van der Waals surface area contributed by atoms with Gasteiger partial charge in [-0.2, -0.15) is 5.26 Å². The Hall–Kier alpha value is -2.26. The van der Waals surface area contributed by atoms with Gasteiger partial charge < -0.3 is 9.72 Å². The van der Waals surface area contributed by atoms with Gasteiger partial charge in [-0.3, -0.25) is 5.32 Å². The summed E-state index contributed by atoms with van der Waals surface area (Å²) in [4.78, 5) is 14.6. The Morgan fingerprint density at radius 1 is 1.33 bits per heavy atom. The molecule has 2 heterocycles. The van der Waals surface area contributed by atoms with Gasteiger partial charge in [0.05, 0.1) is 11.4 Å². The number of hydrogen-bond donors (Lipinski definition) is 2. The Bertz CT molecular complexity index is 787. The van der Waals surface area contributed by atoms with Crippen LogP contribution in [0.25, 0.3) is 11.3 Å². The highest BCUT2D eigenvalue weighted by molar-refractivity contribution is 9.10. The van der Waals surface area contributed by atoms with Crippen LogP contribution < -0.4 is 5.32 Å². The molecule has 21 heavy (non-hydrogen) atoms. The van der Waals surface area contributed by atoms with Gasteiger partial charge in [-0.05, 0) is 53.5 Å². The van der Waals surface area contributed by atoms with Gasteiger partial charge in [0.25, 0.3) is 0 Å². The van der Waals surface area contributed by atoms with Crippen molar-refractivity contribution in [1.82, 2.24) is 4.98 Å². The number of hydrogen-bond acceptors (Lipinski definition) is 3. The van der Waals surface area contributed by atoms with E-state index in [0.29, 0.717) is 5.69 Å². The van der Waals surface area contributed by atoms with Crippen LogP contribution in [0.2, 0.25) is 0 Å². The quantitative estimate of drug-likeness (QED) is 0.816. The number of fused-ring (bicyclic) bond motifs is 1. The van der Waals surface area contributed by atoms with E-state index in [-0.39, 0.29) is 0 Å². The highest BCUT2D eigenvalue weighted by atomic mass is 79.9. The standard InChI is InChI=1S/C15H12BrN3O2/c1-15(2)10-5-8(3-4-12(10)19-14(20)21-15)13-11(16)6-9(7-17)18-13/h3-6,18H,1-2H3,(H,19,20). The Balaban J connectivity index is 2.13. The second-order valence-corrected chi connectivity index (χ2v) is 6.16. The molecular formula is C15H12BrN3O2. The lowest BCUT2D eigenvalue weighted by molar-refractivity contribution is 0.0421. The number of ether oxygens (including phenoxy) is 1. The zero-order valence-electron chi connectivity index (χ0n) is 11.5. The van der Waals surface area contributed by atoms with E-state index in [1.807, 2.05) is 32.0 Å². The fraction of sp³-hybridized carbons (Fsp3) is 0.200. The summed E-state index contributed by atoms with van der Waals surface area (Å²) >= 11 is 3.45. The lowest BCUT2D eigenvalue weighted by atomic mass is 9.92. The van der Waals surface area contributed by atoms with Crippen molar-refractivity contribution in [1.29, 1.82) is 5.26 Å². The van der Waals surface area contributed by atoms with Crippen LogP contribution in [-0.4, -0.2) is 11.1 Å². The van der Waals surface area contributed by atoms with Gasteiger partial charge in [-0.25, -0.2) is 4.79 Å². The molecule has 0 radical (unpaired) electrons. The van der Waals surface area contributed by atoms with E-state index in [0.717, 1.165) is 27.0 Å². The molecule has 0 fully saturated rings. The maximum Gasteiger partial charge on any atom is 0.412 e. The number of aromatic nitrogens is 1. The topological polar surface area (TPSA) is 77.9 Å². The van der Waals surface area contributed by atoms with E-state index in [1.165, 1.54) is 0 Å². The monoisotopic (exact) mass is 345 g/mol. The summed E-state index contributed by atoms with van der Waals surface area (Å²) in [5.41, 5.74) is 3.14. The van der Waals surface area contributed by atoms with Gasteiger partial charge >= 0.3 is 6.09 Å². The van der Waals surface area contributed by atoms with Gasteiger partial charge in [0.15, 0.2) is 0 Å². The van der Waals surface area contributed by atoms with Crippen molar-refractivity contribution in [3.63, 3.8) is 0 Å². The van der Waals surface area contributed by atoms with Crippen LogP contribution >= 0.6 is 15.9 Å². The van der Waals surface area contributed by atoms with E-state index in [4.69, 9.17) is 10.00 Å². The van der Waals surface area contributed by atoms with Gasteiger partial charge in [0.2, 0.25) is 0 Å². The number of aromatic amines is 1. The predicted molar refractivity (Wildman–Crippen MR) is 81.8 cm³/mol. The molecule has 5 nitrogen and oxygen atoms in total. The van der Waals surface area contributed by atoms with Gasteiger partial charge in [-0.15, -0.1) is 0 Å². The van der Waals surface area contributed by atoms with Crippen LogP contribution in [0.5, 0.6) is 0 Å². The van der Waals surface area contributed by atoms with E-state index >= 15 is 0 Å². The molecule has 1 amide bonds. The Morgan fingerprint density at radius 2 is 2.10 bits per heavy atom. The van der Waals surface area contributed by atoms with E-state index < -0.39 is 11.7 Å². The molecular weight excluding hydrogens is 334 g/mol. The van der Waals surface area contributed by atoms with E-state index in [9.17, 15) is 4.79 Å². The molecule has 1 aliphatic rings. The van der Waals surface area contributed by atoms with Crippen LogP contribution in [0.1, 0.15) is 25.1 Å². The zero-order chi connectivity index (χ0) is 15.2. The van der Waals surface area contributed by atoms with Crippen molar-refractivity contribution in [2.24, 2.45) is 0 Å². The minimum absolute atomic E-state index is 0.451. The molecule has 2 aromatic rings. The van der Waals surface area contributed by atoms with E-state index in [1.54, 1.807) is 6.07 Å². The third-order valence-corrected chi connectivity index (χ3v) is 4.06. The van der Waals surface area contributed by atoms with Crippen molar-refractivity contribution in [2.45, 2.75) is 19.4 Å². The van der Waals surface area contributed by atoms with Crippen molar-refractivity contribution in [3.8, 4) is 17.3 Å². The number of benzene rings is 1. The van der Waals surface area contributed by atoms with Crippen LogP contribution in [0, 0.1) is 11.3 Å². The lowest BCUT2D eigenvalue weighted by Gasteiger charge is -2.32. The molecule has 0 aliphatic carbocycles. The maximum absolute atomic E-state index is 11.5. The number of rotatable bonds is 1. The second kappa shape index (κ2) is 4.64. The molecule has 0 spiro atoms. The van der Waals surface area contributed by atoms with E-state index in [2.05, 4.69) is 32.3 Å². The number of nitrogens with zero attached hydrogens (tertiary/aromatic N) is 1. The van der Waals surface area contributed by atoms with Crippen LogP contribution in [0.15, 0.2) is 28.7 Å². The molecule has 0 saturated heterocycles. The molecule has 1 aliphatic heterocycles. The first-order chi connectivity index (χ1) is 9.90. The fourth-order valence-electron chi connectivity index (χ4n) is 2.43. The SMILES string of the molecule is CC1(C)OC(=O)Nc2ccc(-c3[nH]c(C#N)cc3Br)cc21. The average molecular weight is 346 g/mol. The average Bonchev–Trinajstić information content (AvgIpc) is 2.79. The summed E-state index contributed by atoms with van der Waals surface area (Å²) in [5.74, 6) is 0. The summed E-state index contributed by atoms with van der Waals surface area (Å²) in [6.45, 7) is 3.69. The lowest BCUT2D eigenvalue weighted by Crippen LogP contribution is -2.34. The molecule has 0 bridgehead atoms. The zero-order valence-corrected chi connectivity index (χ0v) is 13.0. The second-order valence-electron chi connectivity index (χ2n) is 5.30. The molecule has 0 saturated carbocycles. The Labute approximate surface area is 130 Å². The molecule has 0 unspecified atom stereocenters. The predicted octanol–water partition coefficient (Wildman–Crippen LogP) is 4.11. The summed E-state index contributed by atoms with van der Waals surface area (Å²) in [6, 6.07) is 9.49. The number of amides is 1. The molecule has 2 N–H and O–H groups in total. The molecule has 0 atom stereocenters. The number of nitrogens with one attached hydrogen (secondary N) is 2. The first-order valence-corrected chi connectivity index (χ1v) is 7.13. The Kier molecular flexibility index (Phi) is 3.03. The first-order valence-electron chi connectivity index (χ1n) is 6.34. The molecule has 106 valence electrons. The first kappa shape index (κ1) is 13.7. The Morgan fingerprint density at radius 3 is 2.76 bits per heavy atom. The van der Waals surface area contributed by atoms with Gasteiger partial charge in [0.1, 0.15) is 17.4 Å². The molecule has 1 aromatic carbocycles. The van der Waals surface area contributed by atoms with Crippen LogP contribution in [-0.2, 0) is 10.3 Å². The minimum atomic E-state index is -0.704. The number of H-pyrrole nitrogens is 1. The van der Waals surface area contributed by atoms with Gasteiger partial charge in [0, 0.05) is 10.0 Å². The number of anilines is 1. The smallest absolute Gasteiger partial charge is 0.412 e. The largest absolute Gasteiger partial charge is 0.438 e. The number of cyclic esters (lactones) is 1. The summed E-state index contributed by atoms with van der Waals surface area (Å²) in [6.07, 6.45) is -0.451. The maximum atomic E-state index is 11.5. The van der Waals surface area contributed by atoms with Gasteiger partial charge in [-0.1, -0.05) is 6.07 Å². The van der Waals surface area contributed by atoms with Crippen molar-refractivity contribution < 1.29 is 9.53 Å². The highest BCUT2D eigenvalue weighted by Gasteiger charge is 2.33. The number of carbonyl (C=O) groups excluding carboxylic acids is 1. The molecule has 3 rings (SSSR count). The summed E-state index contributed by atoms with van der Waals surface area (Å²) < 4.78 is 6.14. The third-order valence-electron chi connectivity index (χ3n) is 3.43. The van der Waals surface area contributed by atoms with Crippen LogP contribution in [0.3, 0.4) is 0 Å². The number of halogens is 1. The van der Waals surface area contributed by atoms with Crippen LogP contribution in [0.4, 0.5) is 10.5 Å². The number of nitriles is 1. The van der Waals surface area contributed by atoms with Crippen molar-refractivity contribution in [3.05, 3.63) is 40.0 Å². The third kappa shape index (κ3) is 2.30. The normalized spacial score (nSPS) is 15.6. The minimum Gasteiger partial charge on any atom is -0.438 e. The van der Waals surface area contributed by atoms with Crippen molar-refractivity contribution in [2.75, 3.05) is 5.32 Å². The highest BCUT2D eigenvalue weighted by Crippen LogP contribution is 2.39. The summed E-state index contributed by atoms with van der Waals surface area (Å²) in [5, 5.41) is 11.6.